The molecular formula is C16H13NO2. The highest BCUT2D eigenvalue weighted by molar-refractivity contribution is 5.92. The first-order chi connectivity index (χ1) is 9.20. The Labute approximate surface area is 112 Å². The van der Waals surface area contributed by atoms with Gasteiger partial charge in [-0.05, 0) is 30.2 Å². The van der Waals surface area contributed by atoms with Crippen LogP contribution in [0.4, 0.5) is 0 Å². The van der Waals surface area contributed by atoms with Crippen molar-refractivity contribution >= 4 is 5.97 Å². The highest BCUT2D eigenvalue weighted by Gasteiger charge is 2.12. The molecule has 0 saturated carbocycles. The second kappa shape index (κ2) is 5.83. The molecule has 2 aromatic rings. The van der Waals surface area contributed by atoms with E-state index in [0.29, 0.717) is 11.1 Å². The van der Waals surface area contributed by atoms with E-state index in [2.05, 4.69) is 0 Å². The summed E-state index contributed by atoms with van der Waals surface area (Å²) in [7, 11) is 0. The zero-order valence-electron chi connectivity index (χ0n) is 10.6. The Balaban J connectivity index is 2.11. The van der Waals surface area contributed by atoms with E-state index in [4.69, 9.17) is 10.00 Å². The third-order valence-electron chi connectivity index (χ3n) is 2.73. The molecule has 0 aromatic heterocycles. The summed E-state index contributed by atoms with van der Waals surface area (Å²) in [5, 5.41) is 9.02. The Bertz CT molecular complexity index is 627. The molecule has 0 N–H and O–H groups in total. The van der Waals surface area contributed by atoms with Gasteiger partial charge < -0.3 is 4.74 Å². The number of hydrogen-bond donors (Lipinski definition) is 0. The standard InChI is InChI=1S/C16H13NO2/c1-12-7-8-15(14(9-12)10-17)16(18)19-11-13-5-3-2-4-6-13/h2-9H,11H2,1H3. The van der Waals surface area contributed by atoms with Gasteiger partial charge in [-0.25, -0.2) is 4.79 Å². The first-order valence-corrected chi connectivity index (χ1v) is 5.92. The number of esters is 1. The largest absolute Gasteiger partial charge is 0.457 e. The van der Waals surface area contributed by atoms with E-state index in [9.17, 15) is 4.79 Å². The Hall–Kier alpha value is -2.60. The molecule has 0 heterocycles. The van der Waals surface area contributed by atoms with E-state index in [1.165, 1.54) is 0 Å². The van der Waals surface area contributed by atoms with Gasteiger partial charge >= 0.3 is 5.97 Å². The van der Waals surface area contributed by atoms with E-state index in [1.54, 1.807) is 18.2 Å². The molecule has 0 aliphatic carbocycles. The second-order valence-electron chi connectivity index (χ2n) is 4.22. The van der Waals surface area contributed by atoms with Gasteiger partial charge in [0, 0.05) is 0 Å². The Morgan fingerprint density at radius 2 is 1.95 bits per heavy atom. The van der Waals surface area contributed by atoms with Crippen LogP contribution in [0.2, 0.25) is 0 Å². The number of benzene rings is 2. The molecule has 0 saturated heterocycles. The van der Waals surface area contributed by atoms with E-state index in [1.807, 2.05) is 43.3 Å². The van der Waals surface area contributed by atoms with E-state index in [0.717, 1.165) is 11.1 Å². The molecular weight excluding hydrogens is 238 g/mol. The van der Waals surface area contributed by atoms with Gasteiger partial charge in [-0.2, -0.15) is 5.26 Å². The van der Waals surface area contributed by atoms with Crippen LogP contribution in [0.25, 0.3) is 0 Å². The van der Waals surface area contributed by atoms with Crippen LogP contribution in [0.5, 0.6) is 0 Å². The van der Waals surface area contributed by atoms with E-state index in [-0.39, 0.29) is 6.61 Å². The van der Waals surface area contributed by atoms with Crippen LogP contribution in [0.3, 0.4) is 0 Å². The number of carbonyl (C=O) groups excluding carboxylic acids is 1. The van der Waals surface area contributed by atoms with Crippen molar-refractivity contribution in [1.29, 1.82) is 5.26 Å². The van der Waals surface area contributed by atoms with Gasteiger partial charge in [0.05, 0.1) is 11.1 Å². The predicted octanol–water partition coefficient (Wildman–Crippen LogP) is 3.22. The van der Waals surface area contributed by atoms with Crippen LogP contribution < -0.4 is 0 Å². The summed E-state index contributed by atoms with van der Waals surface area (Å²) in [5.41, 5.74) is 2.51. The van der Waals surface area contributed by atoms with Crippen molar-refractivity contribution < 1.29 is 9.53 Å². The lowest BCUT2D eigenvalue weighted by molar-refractivity contribution is 0.0472. The van der Waals surface area contributed by atoms with Gasteiger partial charge in [0.25, 0.3) is 0 Å². The van der Waals surface area contributed by atoms with Gasteiger partial charge in [0.2, 0.25) is 0 Å². The van der Waals surface area contributed by atoms with Crippen molar-refractivity contribution in [3.05, 3.63) is 70.8 Å². The Kier molecular flexibility index (Phi) is 3.94. The molecule has 0 radical (unpaired) electrons. The SMILES string of the molecule is Cc1ccc(C(=O)OCc2ccccc2)c(C#N)c1. The minimum atomic E-state index is -0.472. The highest BCUT2D eigenvalue weighted by atomic mass is 16.5. The first-order valence-electron chi connectivity index (χ1n) is 5.92. The maximum Gasteiger partial charge on any atom is 0.339 e. The number of hydrogen-bond acceptors (Lipinski definition) is 3. The smallest absolute Gasteiger partial charge is 0.339 e. The van der Waals surface area contributed by atoms with Gasteiger partial charge in [0.15, 0.2) is 0 Å². The quantitative estimate of drug-likeness (QED) is 0.787. The van der Waals surface area contributed by atoms with Gasteiger partial charge in [-0.15, -0.1) is 0 Å². The Morgan fingerprint density at radius 3 is 2.63 bits per heavy atom. The van der Waals surface area contributed by atoms with Crippen molar-refractivity contribution in [3.63, 3.8) is 0 Å². The topological polar surface area (TPSA) is 50.1 Å². The molecule has 0 bridgehead atoms. The average Bonchev–Trinajstić information content (AvgIpc) is 2.45. The minimum absolute atomic E-state index is 0.207. The van der Waals surface area contributed by atoms with Crippen molar-refractivity contribution in [1.82, 2.24) is 0 Å². The van der Waals surface area contributed by atoms with Crippen LogP contribution in [0.1, 0.15) is 27.0 Å². The summed E-state index contributed by atoms with van der Waals surface area (Å²) in [4.78, 5) is 11.9. The minimum Gasteiger partial charge on any atom is -0.457 e. The predicted molar refractivity (Wildman–Crippen MR) is 71.5 cm³/mol. The third kappa shape index (κ3) is 3.20. The molecule has 0 fully saturated rings. The lowest BCUT2D eigenvalue weighted by atomic mass is 10.1. The fraction of sp³-hybridized carbons (Fsp3) is 0.125. The monoisotopic (exact) mass is 251 g/mol. The molecule has 0 amide bonds. The molecule has 94 valence electrons. The van der Waals surface area contributed by atoms with Gasteiger partial charge in [-0.3, -0.25) is 0 Å². The molecule has 0 spiro atoms. The molecule has 2 aromatic carbocycles. The molecule has 0 unspecified atom stereocenters. The summed E-state index contributed by atoms with van der Waals surface area (Å²) in [6, 6.07) is 16.5. The maximum atomic E-state index is 11.9. The van der Waals surface area contributed by atoms with E-state index < -0.39 is 5.97 Å². The lowest BCUT2D eigenvalue weighted by Crippen LogP contribution is -2.07. The number of carbonyl (C=O) groups is 1. The van der Waals surface area contributed by atoms with Crippen LogP contribution >= 0.6 is 0 Å². The normalized spacial score (nSPS) is 9.68. The maximum absolute atomic E-state index is 11.9. The fourth-order valence-electron chi connectivity index (χ4n) is 1.73. The van der Waals surface area contributed by atoms with Crippen molar-refractivity contribution in [2.24, 2.45) is 0 Å². The number of nitrogens with zero attached hydrogens (tertiary/aromatic N) is 1. The summed E-state index contributed by atoms with van der Waals surface area (Å²) in [5.74, 6) is -0.472. The van der Waals surface area contributed by atoms with Gasteiger partial charge in [-0.1, -0.05) is 36.4 Å². The molecule has 2 rings (SSSR count). The average molecular weight is 251 g/mol. The van der Waals surface area contributed by atoms with Crippen LogP contribution in [0, 0.1) is 18.3 Å². The van der Waals surface area contributed by atoms with Crippen molar-refractivity contribution in [2.45, 2.75) is 13.5 Å². The molecule has 0 aliphatic heterocycles. The van der Waals surface area contributed by atoms with Crippen LogP contribution in [0.15, 0.2) is 48.5 Å². The first kappa shape index (κ1) is 12.8. The summed E-state index contributed by atoms with van der Waals surface area (Å²) in [6.45, 7) is 2.08. The molecule has 3 nitrogen and oxygen atoms in total. The lowest BCUT2D eigenvalue weighted by Gasteiger charge is -2.06. The number of rotatable bonds is 3. The van der Waals surface area contributed by atoms with Crippen LogP contribution in [-0.2, 0) is 11.3 Å². The molecule has 0 aliphatic rings. The second-order valence-corrected chi connectivity index (χ2v) is 4.22. The molecule has 3 heteroatoms. The summed E-state index contributed by atoms with van der Waals surface area (Å²) in [6.07, 6.45) is 0. The molecule has 0 atom stereocenters. The Morgan fingerprint density at radius 1 is 1.21 bits per heavy atom. The highest BCUT2D eigenvalue weighted by Crippen LogP contribution is 2.13. The van der Waals surface area contributed by atoms with E-state index >= 15 is 0 Å². The number of ether oxygens (including phenoxy) is 1. The summed E-state index contributed by atoms with van der Waals surface area (Å²) >= 11 is 0. The fourth-order valence-corrected chi connectivity index (χ4v) is 1.73. The molecule has 19 heavy (non-hydrogen) atoms. The number of aryl methyl sites for hydroxylation is 1. The van der Waals surface area contributed by atoms with Crippen LogP contribution in [-0.4, -0.2) is 5.97 Å². The number of nitriles is 1. The zero-order chi connectivity index (χ0) is 13.7. The third-order valence-corrected chi connectivity index (χ3v) is 2.73. The van der Waals surface area contributed by atoms with Gasteiger partial charge in [0.1, 0.15) is 12.7 Å². The zero-order valence-corrected chi connectivity index (χ0v) is 10.6. The van der Waals surface area contributed by atoms with Crippen molar-refractivity contribution in [2.75, 3.05) is 0 Å². The summed E-state index contributed by atoms with van der Waals surface area (Å²) < 4.78 is 5.21. The van der Waals surface area contributed by atoms with Crippen molar-refractivity contribution in [3.8, 4) is 6.07 Å².